The Balaban J connectivity index is 2.48. The molecule has 0 atom stereocenters. The predicted molar refractivity (Wildman–Crippen MR) is 47.0 cm³/mol. The van der Waals surface area contributed by atoms with Gasteiger partial charge in [0, 0.05) is 6.42 Å². The van der Waals surface area contributed by atoms with Crippen molar-refractivity contribution in [1.82, 2.24) is 0 Å². The van der Waals surface area contributed by atoms with E-state index in [2.05, 4.69) is 15.8 Å². The van der Waals surface area contributed by atoms with Gasteiger partial charge in [-0.1, -0.05) is 11.1 Å². The zero-order valence-electron chi connectivity index (χ0n) is 7.66. The van der Waals surface area contributed by atoms with Crippen LogP contribution < -0.4 is 0 Å². The Morgan fingerprint density at radius 1 is 1.85 bits per heavy atom. The van der Waals surface area contributed by atoms with Crippen molar-refractivity contribution in [2.45, 2.75) is 25.9 Å². The van der Waals surface area contributed by atoms with E-state index in [4.69, 9.17) is 11.3 Å². The third-order valence-corrected chi connectivity index (χ3v) is 1.52. The second-order valence-electron chi connectivity index (χ2n) is 3.35. The van der Waals surface area contributed by atoms with E-state index in [9.17, 15) is 4.79 Å². The van der Waals surface area contributed by atoms with Crippen LogP contribution in [0.2, 0.25) is 0 Å². The van der Waals surface area contributed by atoms with Gasteiger partial charge < -0.3 is 9.57 Å². The summed E-state index contributed by atoms with van der Waals surface area (Å²) < 4.78 is 4.68. The van der Waals surface area contributed by atoms with Crippen molar-refractivity contribution in [1.29, 1.82) is 0 Å². The van der Waals surface area contributed by atoms with E-state index in [1.165, 1.54) is 0 Å². The summed E-state index contributed by atoms with van der Waals surface area (Å²) in [5.41, 5.74) is -0.120. The molecule has 0 unspecified atom stereocenters. The Bertz CT molecular complexity index is 286. The molecule has 0 fully saturated rings. The molecule has 0 aliphatic carbocycles. The van der Waals surface area contributed by atoms with Crippen molar-refractivity contribution in [2.75, 3.05) is 6.61 Å². The van der Waals surface area contributed by atoms with E-state index in [0.29, 0.717) is 12.1 Å². The monoisotopic (exact) mass is 181 g/mol. The average molecular weight is 181 g/mol. The Labute approximate surface area is 76.9 Å². The first-order valence-electron chi connectivity index (χ1n) is 3.91. The second-order valence-corrected chi connectivity index (χ2v) is 3.35. The summed E-state index contributed by atoms with van der Waals surface area (Å²) in [5.74, 6) is 1.71. The molecule has 1 aliphatic heterocycles. The molecule has 1 rings (SSSR count). The highest BCUT2D eigenvalue weighted by molar-refractivity contribution is 6.36. The van der Waals surface area contributed by atoms with Gasteiger partial charge in [-0.25, -0.2) is 4.79 Å². The van der Waals surface area contributed by atoms with Crippen LogP contribution in [0.15, 0.2) is 5.16 Å². The van der Waals surface area contributed by atoms with Gasteiger partial charge in [-0.2, -0.15) is 0 Å². The van der Waals surface area contributed by atoms with Crippen LogP contribution in [0.4, 0.5) is 0 Å². The van der Waals surface area contributed by atoms with Gasteiger partial charge >= 0.3 is 5.97 Å². The van der Waals surface area contributed by atoms with Crippen LogP contribution in [0.5, 0.6) is 0 Å². The summed E-state index contributed by atoms with van der Waals surface area (Å²) in [6.07, 6.45) is 5.39. The topological polar surface area (TPSA) is 47.9 Å². The Hall–Kier alpha value is -1.50. The molecule has 13 heavy (non-hydrogen) atoms. The molecular weight excluding hydrogens is 170 g/mol. The third kappa shape index (κ3) is 2.48. The van der Waals surface area contributed by atoms with E-state index in [1.807, 2.05) is 13.8 Å². The molecule has 0 bridgehead atoms. The van der Waals surface area contributed by atoms with Crippen molar-refractivity contribution in [3.63, 3.8) is 0 Å². The van der Waals surface area contributed by atoms with Crippen molar-refractivity contribution in [2.24, 2.45) is 5.16 Å². The number of nitrogens with zero attached hydrogens (tertiary/aromatic N) is 1. The van der Waals surface area contributed by atoms with E-state index >= 15 is 0 Å². The lowest BCUT2D eigenvalue weighted by atomic mass is 10.0. The number of carbonyl (C=O) groups excluding carboxylic acids is 1. The SMILES string of the molecule is C#CCOC(=O)C1=NOC(C)(C)C1. The molecular formula is C9H11NO3. The van der Waals surface area contributed by atoms with Gasteiger partial charge in [-0.3, -0.25) is 0 Å². The number of esters is 1. The number of hydrogen-bond acceptors (Lipinski definition) is 4. The summed E-state index contributed by atoms with van der Waals surface area (Å²) in [5, 5.41) is 3.61. The number of hydrogen-bond donors (Lipinski definition) is 0. The normalized spacial score (nSPS) is 18.4. The highest BCUT2D eigenvalue weighted by Crippen LogP contribution is 2.22. The Morgan fingerprint density at radius 3 is 3.00 bits per heavy atom. The van der Waals surface area contributed by atoms with Gasteiger partial charge in [0.15, 0.2) is 12.3 Å². The summed E-state index contributed by atoms with van der Waals surface area (Å²) in [4.78, 5) is 16.2. The quantitative estimate of drug-likeness (QED) is 0.465. The highest BCUT2D eigenvalue weighted by Gasteiger charge is 2.33. The first-order chi connectivity index (χ1) is 6.05. The minimum absolute atomic E-state index is 0.0295. The summed E-state index contributed by atoms with van der Waals surface area (Å²) in [6, 6.07) is 0. The first kappa shape index (κ1) is 9.59. The highest BCUT2D eigenvalue weighted by atomic mass is 16.7. The Morgan fingerprint density at radius 2 is 2.54 bits per heavy atom. The van der Waals surface area contributed by atoms with E-state index in [1.54, 1.807) is 0 Å². The maximum Gasteiger partial charge on any atom is 0.357 e. The van der Waals surface area contributed by atoms with Gasteiger partial charge in [0.1, 0.15) is 5.60 Å². The lowest BCUT2D eigenvalue weighted by molar-refractivity contribution is -0.134. The molecule has 0 aromatic carbocycles. The predicted octanol–water partition coefficient (Wildman–Crippen LogP) is 0.718. The molecule has 0 saturated heterocycles. The third-order valence-electron chi connectivity index (χ3n) is 1.52. The second kappa shape index (κ2) is 3.48. The van der Waals surface area contributed by atoms with Crippen molar-refractivity contribution < 1.29 is 14.4 Å². The van der Waals surface area contributed by atoms with Crippen molar-refractivity contribution in [3.8, 4) is 12.3 Å². The fraction of sp³-hybridized carbons (Fsp3) is 0.556. The maximum absolute atomic E-state index is 11.2. The van der Waals surface area contributed by atoms with E-state index < -0.39 is 11.6 Å². The van der Waals surface area contributed by atoms with Crippen LogP contribution in [0.3, 0.4) is 0 Å². The zero-order chi connectivity index (χ0) is 9.90. The van der Waals surface area contributed by atoms with Gasteiger partial charge in [0.05, 0.1) is 0 Å². The molecule has 0 aromatic rings. The summed E-state index contributed by atoms with van der Waals surface area (Å²) in [6.45, 7) is 3.66. The first-order valence-corrected chi connectivity index (χ1v) is 3.91. The molecule has 0 aromatic heterocycles. The largest absolute Gasteiger partial charge is 0.448 e. The minimum Gasteiger partial charge on any atom is -0.448 e. The van der Waals surface area contributed by atoms with Crippen LogP contribution in [0.1, 0.15) is 20.3 Å². The molecule has 1 aliphatic rings. The maximum atomic E-state index is 11.2. The van der Waals surface area contributed by atoms with E-state index in [0.717, 1.165) is 0 Å². The molecule has 0 radical (unpaired) electrons. The van der Waals surface area contributed by atoms with Crippen LogP contribution in [0.25, 0.3) is 0 Å². The number of terminal acetylenes is 1. The van der Waals surface area contributed by atoms with Crippen LogP contribution in [-0.2, 0) is 14.4 Å². The number of rotatable bonds is 2. The number of carbonyl (C=O) groups is 1. The minimum atomic E-state index is -0.497. The van der Waals surface area contributed by atoms with Crippen molar-refractivity contribution >= 4 is 11.7 Å². The molecule has 0 spiro atoms. The van der Waals surface area contributed by atoms with Gasteiger partial charge in [-0.05, 0) is 13.8 Å². The standard InChI is InChI=1S/C9H11NO3/c1-4-5-12-8(11)7-6-9(2,3)13-10-7/h1H,5-6H2,2-3H3. The van der Waals surface area contributed by atoms with Crippen LogP contribution in [0, 0.1) is 12.3 Å². The van der Waals surface area contributed by atoms with E-state index in [-0.39, 0.29) is 6.61 Å². The number of oxime groups is 1. The molecule has 0 N–H and O–H groups in total. The Kier molecular flexibility index (Phi) is 2.57. The lowest BCUT2D eigenvalue weighted by Crippen LogP contribution is -2.23. The molecule has 4 nitrogen and oxygen atoms in total. The molecule has 70 valence electrons. The van der Waals surface area contributed by atoms with Crippen LogP contribution in [-0.4, -0.2) is 23.9 Å². The molecule has 4 heteroatoms. The van der Waals surface area contributed by atoms with Gasteiger partial charge in [0.25, 0.3) is 0 Å². The van der Waals surface area contributed by atoms with Gasteiger partial charge in [-0.15, -0.1) is 6.42 Å². The average Bonchev–Trinajstić information content (AvgIpc) is 2.42. The lowest BCUT2D eigenvalue weighted by Gasteiger charge is -2.12. The zero-order valence-corrected chi connectivity index (χ0v) is 7.66. The fourth-order valence-corrected chi connectivity index (χ4v) is 0.946. The summed E-state index contributed by atoms with van der Waals surface area (Å²) >= 11 is 0. The molecule has 0 saturated carbocycles. The number of ether oxygens (including phenoxy) is 1. The van der Waals surface area contributed by atoms with Crippen LogP contribution >= 0.6 is 0 Å². The summed E-state index contributed by atoms with van der Waals surface area (Å²) in [7, 11) is 0. The smallest absolute Gasteiger partial charge is 0.357 e. The van der Waals surface area contributed by atoms with Gasteiger partial charge in [0.2, 0.25) is 0 Å². The molecule has 0 amide bonds. The molecule has 1 heterocycles. The fourth-order valence-electron chi connectivity index (χ4n) is 0.946. The van der Waals surface area contributed by atoms with Crippen molar-refractivity contribution in [3.05, 3.63) is 0 Å².